The number of hydrogen-bond acceptors (Lipinski definition) is 0. The smallest absolute Gasteiger partial charge is 0.00247 e. The van der Waals surface area contributed by atoms with Crippen LogP contribution in [0.4, 0.5) is 0 Å². The lowest BCUT2D eigenvalue weighted by Gasteiger charge is -2.47. The van der Waals surface area contributed by atoms with E-state index in [0.29, 0.717) is 22.7 Å². The van der Waals surface area contributed by atoms with E-state index in [-0.39, 0.29) is 5.41 Å². The van der Waals surface area contributed by atoms with Gasteiger partial charge in [0.15, 0.2) is 0 Å². The fourth-order valence-electron chi connectivity index (χ4n) is 6.94. The van der Waals surface area contributed by atoms with Gasteiger partial charge in [0.1, 0.15) is 0 Å². The van der Waals surface area contributed by atoms with Crippen LogP contribution in [0.25, 0.3) is 0 Å². The van der Waals surface area contributed by atoms with E-state index >= 15 is 0 Å². The van der Waals surface area contributed by atoms with Crippen molar-refractivity contribution in [2.75, 3.05) is 0 Å². The molecule has 0 aliphatic heterocycles. The molecular formula is C31H52. The Balaban J connectivity index is 0.000000785. The monoisotopic (exact) mass is 424 g/mol. The molecule has 31 heavy (non-hydrogen) atoms. The summed E-state index contributed by atoms with van der Waals surface area (Å²) in [5, 5.41) is 0. The number of fused-ring (bicyclic) bond motifs is 1. The van der Waals surface area contributed by atoms with Crippen LogP contribution < -0.4 is 0 Å². The maximum absolute atomic E-state index is 4.74. The van der Waals surface area contributed by atoms with Crippen LogP contribution >= 0.6 is 0 Å². The third kappa shape index (κ3) is 4.56. The van der Waals surface area contributed by atoms with E-state index in [1.165, 1.54) is 35.1 Å². The quantitative estimate of drug-likeness (QED) is 0.385. The molecule has 2 bridgehead atoms. The summed E-state index contributed by atoms with van der Waals surface area (Å²) in [6.07, 6.45) is 9.99. The molecule has 0 nitrogen and oxygen atoms in total. The van der Waals surface area contributed by atoms with Crippen LogP contribution in [0.1, 0.15) is 102 Å². The fraction of sp³-hybridized carbons (Fsp3) is 0.742. The summed E-state index contributed by atoms with van der Waals surface area (Å²) < 4.78 is 0. The summed E-state index contributed by atoms with van der Waals surface area (Å²) in [6.45, 7) is 34.9. The summed E-state index contributed by atoms with van der Waals surface area (Å²) in [5.74, 6) is 3.66. The molecule has 0 aromatic heterocycles. The Morgan fingerprint density at radius 2 is 1.65 bits per heavy atom. The van der Waals surface area contributed by atoms with Gasteiger partial charge in [-0.25, -0.2) is 0 Å². The second-order valence-corrected chi connectivity index (χ2v) is 13.1. The van der Waals surface area contributed by atoms with Gasteiger partial charge < -0.3 is 0 Å². The number of hydrogen-bond donors (Lipinski definition) is 0. The standard InChI is InChI=1S/C27H42.C4H10/c1-17(2)11-12-26-16-24-25(9,10)20(6)14-27(24,22(26)8)15-23(21(26)7)19(5)13-18(3)4;1-4(2)3/h11,15,18,20,22,24H,5,7,12-14,16H2,1-4,6,8-10H3;4H,1-3H3. The lowest BCUT2D eigenvalue weighted by Crippen LogP contribution is -2.38. The molecule has 176 valence electrons. The largest absolute Gasteiger partial charge is 0.0952 e. The predicted molar refractivity (Wildman–Crippen MR) is 140 cm³/mol. The van der Waals surface area contributed by atoms with Crippen molar-refractivity contribution in [2.24, 2.45) is 45.8 Å². The summed E-state index contributed by atoms with van der Waals surface area (Å²) in [4.78, 5) is 0. The topological polar surface area (TPSA) is 0 Å². The van der Waals surface area contributed by atoms with Crippen LogP contribution in [0.2, 0.25) is 0 Å². The summed E-state index contributed by atoms with van der Waals surface area (Å²) in [5.41, 5.74) is 6.50. The molecule has 0 radical (unpaired) electrons. The average molecular weight is 425 g/mol. The first-order valence-corrected chi connectivity index (χ1v) is 12.9. The Kier molecular flexibility index (Phi) is 7.67. The van der Waals surface area contributed by atoms with Crippen molar-refractivity contribution in [3.05, 3.63) is 47.6 Å². The Morgan fingerprint density at radius 3 is 2.13 bits per heavy atom. The van der Waals surface area contributed by atoms with Crippen molar-refractivity contribution in [3.63, 3.8) is 0 Å². The van der Waals surface area contributed by atoms with Crippen LogP contribution in [0.5, 0.6) is 0 Å². The van der Waals surface area contributed by atoms with Crippen LogP contribution in [0.3, 0.4) is 0 Å². The molecule has 2 fully saturated rings. The highest BCUT2D eigenvalue weighted by Gasteiger charge is 2.69. The molecule has 3 rings (SSSR count). The van der Waals surface area contributed by atoms with E-state index in [9.17, 15) is 0 Å². The van der Waals surface area contributed by atoms with Gasteiger partial charge in [-0.2, -0.15) is 0 Å². The summed E-state index contributed by atoms with van der Waals surface area (Å²) >= 11 is 0. The maximum atomic E-state index is 4.74. The molecule has 5 unspecified atom stereocenters. The van der Waals surface area contributed by atoms with Crippen molar-refractivity contribution in [3.8, 4) is 0 Å². The van der Waals surface area contributed by atoms with E-state index in [1.807, 2.05) is 0 Å². The maximum Gasteiger partial charge on any atom is 0.00247 e. The van der Waals surface area contributed by atoms with Gasteiger partial charge >= 0.3 is 0 Å². The zero-order valence-electron chi connectivity index (χ0n) is 22.8. The molecule has 5 atom stereocenters. The first kappa shape index (κ1) is 26.2. The molecule has 1 spiro atoms. The Labute approximate surface area is 195 Å². The van der Waals surface area contributed by atoms with Gasteiger partial charge in [-0.1, -0.05) is 93.2 Å². The van der Waals surface area contributed by atoms with E-state index in [2.05, 4.69) is 94.9 Å². The molecule has 0 amide bonds. The molecule has 0 aromatic carbocycles. The third-order valence-corrected chi connectivity index (χ3v) is 8.93. The zero-order valence-corrected chi connectivity index (χ0v) is 22.8. The molecule has 0 aromatic rings. The molecule has 0 heterocycles. The fourth-order valence-corrected chi connectivity index (χ4v) is 6.94. The number of allylic oxidation sites excluding steroid dienone is 6. The second kappa shape index (κ2) is 9.07. The minimum Gasteiger partial charge on any atom is -0.0952 e. The minimum atomic E-state index is 0.212. The Bertz CT molecular complexity index is 748. The molecule has 3 aliphatic rings. The molecule has 3 aliphatic carbocycles. The lowest BCUT2D eigenvalue weighted by atomic mass is 9.57. The second-order valence-electron chi connectivity index (χ2n) is 13.1. The van der Waals surface area contributed by atoms with Gasteiger partial charge in [0.05, 0.1) is 0 Å². The minimum absolute atomic E-state index is 0.212. The van der Waals surface area contributed by atoms with Crippen molar-refractivity contribution in [2.45, 2.75) is 102 Å². The highest BCUT2D eigenvalue weighted by molar-refractivity contribution is 5.55. The van der Waals surface area contributed by atoms with Crippen molar-refractivity contribution in [1.82, 2.24) is 0 Å². The first-order chi connectivity index (χ1) is 14.1. The van der Waals surface area contributed by atoms with Gasteiger partial charge in [0.2, 0.25) is 0 Å². The normalized spacial score (nSPS) is 35.5. The van der Waals surface area contributed by atoms with Crippen LogP contribution in [0, 0.1) is 45.8 Å². The van der Waals surface area contributed by atoms with Gasteiger partial charge in [-0.3, -0.25) is 0 Å². The molecular weight excluding hydrogens is 372 g/mol. The number of rotatable bonds is 5. The summed E-state index contributed by atoms with van der Waals surface area (Å²) in [7, 11) is 0. The van der Waals surface area contributed by atoms with Gasteiger partial charge in [0.25, 0.3) is 0 Å². The van der Waals surface area contributed by atoms with Gasteiger partial charge in [0, 0.05) is 5.41 Å². The van der Waals surface area contributed by atoms with Crippen LogP contribution in [-0.2, 0) is 0 Å². The van der Waals surface area contributed by atoms with Crippen molar-refractivity contribution >= 4 is 0 Å². The van der Waals surface area contributed by atoms with E-state index in [4.69, 9.17) is 6.58 Å². The van der Waals surface area contributed by atoms with Gasteiger partial charge in [-0.15, -0.1) is 0 Å². The van der Waals surface area contributed by atoms with Gasteiger partial charge in [-0.05, 0) is 96.7 Å². The molecule has 2 saturated carbocycles. The highest BCUT2D eigenvalue weighted by Crippen LogP contribution is 2.76. The summed E-state index contributed by atoms with van der Waals surface area (Å²) in [6, 6.07) is 0. The van der Waals surface area contributed by atoms with E-state index < -0.39 is 0 Å². The Hall–Kier alpha value is -1.04. The molecule has 0 heteroatoms. The molecule has 0 N–H and O–H groups in total. The average Bonchev–Trinajstić information content (AvgIpc) is 2.90. The van der Waals surface area contributed by atoms with Crippen LogP contribution in [-0.4, -0.2) is 0 Å². The van der Waals surface area contributed by atoms with E-state index in [0.717, 1.165) is 30.6 Å². The van der Waals surface area contributed by atoms with Crippen molar-refractivity contribution in [1.29, 1.82) is 0 Å². The molecule has 0 saturated heterocycles. The zero-order chi connectivity index (χ0) is 23.9. The predicted octanol–water partition coefficient (Wildman–Crippen LogP) is 9.80. The SMILES string of the molecule is C=C(CC(C)C)C1=CC23CC(C)C(C)(C)C2CC(CC=C(C)C)(C1=C)C3C.CC(C)C. The van der Waals surface area contributed by atoms with Crippen LogP contribution in [0.15, 0.2) is 47.6 Å². The Morgan fingerprint density at radius 1 is 1.10 bits per heavy atom. The first-order valence-electron chi connectivity index (χ1n) is 12.9. The van der Waals surface area contributed by atoms with Crippen molar-refractivity contribution < 1.29 is 0 Å². The van der Waals surface area contributed by atoms with E-state index in [1.54, 1.807) is 0 Å². The highest BCUT2D eigenvalue weighted by atomic mass is 14.7. The third-order valence-electron chi connectivity index (χ3n) is 8.93. The lowest BCUT2D eigenvalue weighted by molar-refractivity contribution is 0.156.